The number of benzene rings is 1. The summed E-state index contributed by atoms with van der Waals surface area (Å²) in [5, 5.41) is 3.38. The number of nitrogens with one attached hydrogen (secondary N) is 1. The van der Waals surface area contributed by atoms with Gasteiger partial charge in [0.25, 0.3) is 0 Å². The van der Waals surface area contributed by atoms with Gasteiger partial charge in [-0.15, -0.1) is 0 Å². The Morgan fingerprint density at radius 2 is 2.05 bits per heavy atom. The first-order valence-corrected chi connectivity index (χ1v) is 7.04. The minimum atomic E-state index is 0.697. The molecule has 5 heteroatoms. The quantitative estimate of drug-likeness (QED) is 0.879. The summed E-state index contributed by atoms with van der Waals surface area (Å²) in [5.74, 6) is 1.57. The number of nitrogens with zero attached hydrogens (tertiary/aromatic N) is 1. The SMILES string of the molecule is COc1cc(Br)c(CNCc2cccnc2)c(OC)c1. The molecule has 0 spiro atoms. The van der Waals surface area contributed by atoms with Crippen LogP contribution in [0.15, 0.2) is 41.1 Å². The lowest BCUT2D eigenvalue weighted by Gasteiger charge is -2.13. The summed E-state index contributed by atoms with van der Waals surface area (Å²) in [4.78, 5) is 4.09. The summed E-state index contributed by atoms with van der Waals surface area (Å²) in [7, 11) is 3.30. The van der Waals surface area contributed by atoms with E-state index in [0.29, 0.717) is 6.54 Å². The van der Waals surface area contributed by atoms with Gasteiger partial charge in [0.1, 0.15) is 11.5 Å². The normalized spacial score (nSPS) is 10.3. The Morgan fingerprint density at radius 3 is 2.70 bits per heavy atom. The van der Waals surface area contributed by atoms with Crippen molar-refractivity contribution in [2.24, 2.45) is 0 Å². The molecule has 2 aromatic rings. The molecular formula is C15H17BrN2O2. The number of aromatic nitrogens is 1. The van der Waals surface area contributed by atoms with Gasteiger partial charge in [-0.2, -0.15) is 0 Å². The van der Waals surface area contributed by atoms with Crippen LogP contribution in [-0.4, -0.2) is 19.2 Å². The second-order valence-electron chi connectivity index (χ2n) is 4.25. The third-order valence-corrected chi connectivity index (χ3v) is 3.64. The molecule has 0 amide bonds. The fourth-order valence-electron chi connectivity index (χ4n) is 1.89. The van der Waals surface area contributed by atoms with E-state index in [0.717, 1.165) is 33.6 Å². The lowest BCUT2D eigenvalue weighted by molar-refractivity contribution is 0.389. The van der Waals surface area contributed by atoms with E-state index < -0.39 is 0 Å². The van der Waals surface area contributed by atoms with E-state index in [9.17, 15) is 0 Å². The Balaban J connectivity index is 2.05. The van der Waals surface area contributed by atoms with E-state index >= 15 is 0 Å². The van der Waals surface area contributed by atoms with Gasteiger partial charge in [0.2, 0.25) is 0 Å². The zero-order valence-electron chi connectivity index (χ0n) is 11.5. The van der Waals surface area contributed by atoms with E-state index in [1.807, 2.05) is 30.5 Å². The average Bonchev–Trinajstić information content (AvgIpc) is 2.49. The van der Waals surface area contributed by atoms with Crippen molar-refractivity contribution in [1.29, 1.82) is 0 Å². The topological polar surface area (TPSA) is 43.4 Å². The van der Waals surface area contributed by atoms with Gasteiger partial charge < -0.3 is 14.8 Å². The summed E-state index contributed by atoms with van der Waals surface area (Å²) >= 11 is 3.55. The Kier molecular flexibility index (Phi) is 5.38. The molecule has 2 rings (SSSR count). The molecule has 20 heavy (non-hydrogen) atoms. The van der Waals surface area contributed by atoms with Gasteiger partial charge in [0.15, 0.2) is 0 Å². The highest BCUT2D eigenvalue weighted by molar-refractivity contribution is 9.10. The van der Waals surface area contributed by atoms with Crippen LogP contribution in [0.4, 0.5) is 0 Å². The van der Waals surface area contributed by atoms with E-state index in [-0.39, 0.29) is 0 Å². The van der Waals surface area contributed by atoms with Gasteiger partial charge >= 0.3 is 0 Å². The molecule has 0 atom stereocenters. The zero-order valence-corrected chi connectivity index (χ0v) is 13.1. The van der Waals surface area contributed by atoms with Crippen molar-refractivity contribution in [2.75, 3.05) is 14.2 Å². The standard InChI is InChI=1S/C15H17BrN2O2/c1-19-12-6-14(16)13(15(7-12)20-2)10-18-9-11-4-3-5-17-8-11/h3-8,18H,9-10H2,1-2H3. The number of methoxy groups -OCH3 is 2. The van der Waals surface area contributed by atoms with Crippen LogP contribution >= 0.6 is 15.9 Å². The van der Waals surface area contributed by atoms with Crippen LogP contribution in [0, 0.1) is 0 Å². The van der Waals surface area contributed by atoms with Crippen molar-refractivity contribution >= 4 is 15.9 Å². The maximum absolute atomic E-state index is 5.41. The number of pyridine rings is 1. The molecule has 0 fully saturated rings. The number of hydrogen-bond donors (Lipinski definition) is 1. The second kappa shape index (κ2) is 7.26. The monoisotopic (exact) mass is 336 g/mol. The van der Waals surface area contributed by atoms with Crippen LogP contribution in [0.1, 0.15) is 11.1 Å². The van der Waals surface area contributed by atoms with Crippen LogP contribution in [0.3, 0.4) is 0 Å². The molecule has 0 radical (unpaired) electrons. The van der Waals surface area contributed by atoms with Crippen molar-refractivity contribution in [3.8, 4) is 11.5 Å². The molecule has 1 aromatic carbocycles. The molecule has 0 saturated heterocycles. The Hall–Kier alpha value is -1.59. The molecule has 4 nitrogen and oxygen atoms in total. The predicted octanol–water partition coefficient (Wildman–Crippen LogP) is 3.15. The fourth-order valence-corrected chi connectivity index (χ4v) is 2.45. The van der Waals surface area contributed by atoms with E-state index in [4.69, 9.17) is 9.47 Å². The van der Waals surface area contributed by atoms with Gasteiger partial charge in [0, 0.05) is 41.6 Å². The lowest BCUT2D eigenvalue weighted by atomic mass is 10.2. The van der Waals surface area contributed by atoms with Crippen molar-refractivity contribution in [2.45, 2.75) is 13.1 Å². The fraction of sp³-hybridized carbons (Fsp3) is 0.267. The zero-order chi connectivity index (χ0) is 14.4. The van der Waals surface area contributed by atoms with Crippen LogP contribution in [-0.2, 0) is 13.1 Å². The highest BCUT2D eigenvalue weighted by Gasteiger charge is 2.10. The summed E-state index contributed by atoms with van der Waals surface area (Å²) in [6.07, 6.45) is 3.62. The van der Waals surface area contributed by atoms with Crippen molar-refractivity contribution in [3.05, 3.63) is 52.3 Å². The smallest absolute Gasteiger partial charge is 0.128 e. The van der Waals surface area contributed by atoms with Gasteiger partial charge in [-0.25, -0.2) is 0 Å². The molecule has 1 heterocycles. The van der Waals surface area contributed by atoms with Crippen LogP contribution in [0.5, 0.6) is 11.5 Å². The molecule has 0 aliphatic rings. The number of halogens is 1. The first-order chi connectivity index (χ1) is 9.74. The molecule has 0 aliphatic heterocycles. The van der Waals surface area contributed by atoms with E-state index in [1.165, 1.54) is 0 Å². The van der Waals surface area contributed by atoms with E-state index in [1.54, 1.807) is 20.4 Å². The van der Waals surface area contributed by atoms with Crippen molar-refractivity contribution < 1.29 is 9.47 Å². The Labute approximate surface area is 127 Å². The second-order valence-corrected chi connectivity index (χ2v) is 5.11. The molecule has 0 saturated carbocycles. The van der Waals surface area contributed by atoms with Gasteiger partial charge in [-0.05, 0) is 17.7 Å². The average molecular weight is 337 g/mol. The maximum atomic E-state index is 5.41. The van der Waals surface area contributed by atoms with Gasteiger partial charge in [-0.3, -0.25) is 4.98 Å². The number of rotatable bonds is 6. The molecule has 0 unspecified atom stereocenters. The lowest BCUT2D eigenvalue weighted by Crippen LogP contribution is -2.14. The number of ether oxygens (including phenoxy) is 2. The minimum Gasteiger partial charge on any atom is -0.497 e. The number of hydrogen-bond acceptors (Lipinski definition) is 4. The minimum absolute atomic E-state index is 0.697. The molecular weight excluding hydrogens is 320 g/mol. The van der Waals surface area contributed by atoms with E-state index in [2.05, 4.69) is 26.2 Å². The maximum Gasteiger partial charge on any atom is 0.128 e. The molecule has 1 N–H and O–H groups in total. The highest BCUT2D eigenvalue weighted by atomic mass is 79.9. The third-order valence-electron chi connectivity index (χ3n) is 2.94. The molecule has 0 bridgehead atoms. The summed E-state index contributed by atoms with van der Waals surface area (Å²) in [6.45, 7) is 1.46. The highest BCUT2D eigenvalue weighted by Crippen LogP contribution is 2.32. The Morgan fingerprint density at radius 1 is 1.20 bits per heavy atom. The Bertz CT molecular complexity index is 561. The first kappa shape index (κ1) is 14.8. The third kappa shape index (κ3) is 3.71. The first-order valence-electron chi connectivity index (χ1n) is 6.24. The molecule has 1 aromatic heterocycles. The van der Waals surface area contributed by atoms with Crippen LogP contribution in [0.2, 0.25) is 0 Å². The van der Waals surface area contributed by atoms with Gasteiger partial charge in [-0.1, -0.05) is 22.0 Å². The predicted molar refractivity (Wildman–Crippen MR) is 82.0 cm³/mol. The summed E-state index contributed by atoms with van der Waals surface area (Å²) in [6, 6.07) is 7.79. The van der Waals surface area contributed by atoms with Crippen LogP contribution < -0.4 is 14.8 Å². The van der Waals surface area contributed by atoms with Crippen molar-refractivity contribution in [1.82, 2.24) is 10.3 Å². The largest absolute Gasteiger partial charge is 0.497 e. The van der Waals surface area contributed by atoms with Crippen LogP contribution in [0.25, 0.3) is 0 Å². The summed E-state index contributed by atoms with van der Waals surface area (Å²) in [5.41, 5.74) is 2.22. The molecule has 106 valence electrons. The van der Waals surface area contributed by atoms with Crippen molar-refractivity contribution in [3.63, 3.8) is 0 Å². The molecule has 0 aliphatic carbocycles. The summed E-state index contributed by atoms with van der Waals surface area (Å²) < 4.78 is 11.6. The van der Waals surface area contributed by atoms with Gasteiger partial charge in [0.05, 0.1) is 14.2 Å².